The second-order valence-corrected chi connectivity index (χ2v) is 6.64. The minimum absolute atomic E-state index is 0.110. The van der Waals surface area contributed by atoms with E-state index in [1.165, 1.54) is 12.0 Å². The van der Waals surface area contributed by atoms with Crippen molar-refractivity contribution in [2.75, 3.05) is 13.1 Å². The maximum atomic E-state index is 6.06. The summed E-state index contributed by atoms with van der Waals surface area (Å²) in [5, 5.41) is 2.22. The quantitative estimate of drug-likeness (QED) is 0.896. The molecule has 1 aliphatic rings. The van der Waals surface area contributed by atoms with Crippen LogP contribution in [0.3, 0.4) is 0 Å². The van der Waals surface area contributed by atoms with E-state index in [2.05, 4.69) is 44.0 Å². The second-order valence-electron chi connectivity index (χ2n) is 5.63. The molecular weight excluding hydrogens is 228 g/mol. The molecule has 2 rings (SSSR count). The Bertz CT molecular complexity index is 385. The fourth-order valence-electron chi connectivity index (χ4n) is 2.89. The highest BCUT2D eigenvalue weighted by Gasteiger charge is 2.39. The Morgan fingerprint density at radius 1 is 1.59 bits per heavy atom. The molecular formula is C14H24N2S. The van der Waals surface area contributed by atoms with Gasteiger partial charge in [0.15, 0.2) is 0 Å². The van der Waals surface area contributed by atoms with E-state index in [9.17, 15) is 0 Å². The maximum absolute atomic E-state index is 6.06. The van der Waals surface area contributed by atoms with Crippen LogP contribution in [0.4, 0.5) is 0 Å². The van der Waals surface area contributed by atoms with E-state index >= 15 is 0 Å². The molecule has 0 saturated carbocycles. The lowest BCUT2D eigenvalue weighted by atomic mass is 9.83. The summed E-state index contributed by atoms with van der Waals surface area (Å²) >= 11 is 1.90. The first-order valence-corrected chi connectivity index (χ1v) is 7.41. The standard InChI is InChI=1S/C14H24N2S/c1-10(2)14(4,9-15)16-7-5-13-12(11(16)3)6-8-17-13/h6,8,10-11H,5,7,9,15H2,1-4H3. The van der Waals surface area contributed by atoms with Gasteiger partial charge in [-0.1, -0.05) is 13.8 Å². The fraction of sp³-hybridized carbons (Fsp3) is 0.714. The van der Waals surface area contributed by atoms with Crippen molar-refractivity contribution in [3.05, 3.63) is 21.9 Å². The molecule has 0 aliphatic carbocycles. The van der Waals surface area contributed by atoms with Gasteiger partial charge in [-0.2, -0.15) is 0 Å². The fourth-order valence-corrected chi connectivity index (χ4v) is 3.85. The summed E-state index contributed by atoms with van der Waals surface area (Å²) in [4.78, 5) is 4.17. The summed E-state index contributed by atoms with van der Waals surface area (Å²) in [6.45, 7) is 11.1. The summed E-state index contributed by atoms with van der Waals surface area (Å²) in [5.41, 5.74) is 7.68. The summed E-state index contributed by atoms with van der Waals surface area (Å²) in [6.07, 6.45) is 1.18. The third-order valence-electron chi connectivity index (χ3n) is 4.59. The molecule has 17 heavy (non-hydrogen) atoms. The van der Waals surface area contributed by atoms with Gasteiger partial charge in [0, 0.05) is 29.5 Å². The summed E-state index contributed by atoms with van der Waals surface area (Å²) < 4.78 is 0. The van der Waals surface area contributed by atoms with Crippen molar-refractivity contribution in [3.8, 4) is 0 Å². The topological polar surface area (TPSA) is 29.3 Å². The number of hydrogen-bond donors (Lipinski definition) is 1. The molecule has 1 aromatic heterocycles. The molecule has 2 N–H and O–H groups in total. The van der Waals surface area contributed by atoms with Gasteiger partial charge in [-0.3, -0.25) is 4.90 Å². The molecule has 0 aromatic carbocycles. The van der Waals surface area contributed by atoms with E-state index < -0.39 is 0 Å². The monoisotopic (exact) mass is 252 g/mol. The van der Waals surface area contributed by atoms with Gasteiger partial charge in [-0.15, -0.1) is 11.3 Å². The molecule has 2 atom stereocenters. The van der Waals surface area contributed by atoms with E-state index in [4.69, 9.17) is 5.73 Å². The van der Waals surface area contributed by atoms with Crippen molar-refractivity contribution in [2.45, 2.75) is 45.7 Å². The van der Waals surface area contributed by atoms with Crippen LogP contribution < -0.4 is 5.73 Å². The number of nitrogens with two attached hydrogens (primary N) is 1. The molecule has 2 unspecified atom stereocenters. The van der Waals surface area contributed by atoms with E-state index in [0.29, 0.717) is 12.0 Å². The maximum Gasteiger partial charge on any atom is 0.0337 e. The van der Waals surface area contributed by atoms with Gasteiger partial charge in [0.25, 0.3) is 0 Å². The van der Waals surface area contributed by atoms with Crippen LogP contribution in [0.2, 0.25) is 0 Å². The van der Waals surface area contributed by atoms with Crippen LogP contribution in [0.15, 0.2) is 11.4 Å². The van der Waals surface area contributed by atoms with Crippen molar-refractivity contribution < 1.29 is 0 Å². The van der Waals surface area contributed by atoms with Crippen molar-refractivity contribution >= 4 is 11.3 Å². The van der Waals surface area contributed by atoms with Crippen LogP contribution in [0.5, 0.6) is 0 Å². The SMILES string of the molecule is CC1c2ccsc2CCN1C(C)(CN)C(C)C. The van der Waals surface area contributed by atoms with Crippen molar-refractivity contribution in [2.24, 2.45) is 11.7 Å². The lowest BCUT2D eigenvalue weighted by molar-refractivity contribution is 0.0262. The minimum Gasteiger partial charge on any atom is -0.329 e. The molecule has 0 spiro atoms. The molecule has 0 radical (unpaired) electrons. The summed E-state index contributed by atoms with van der Waals surface area (Å²) in [6, 6.07) is 2.79. The molecule has 1 aromatic rings. The Balaban J connectivity index is 2.30. The highest BCUT2D eigenvalue weighted by molar-refractivity contribution is 7.10. The highest BCUT2D eigenvalue weighted by atomic mass is 32.1. The molecule has 0 saturated heterocycles. The first-order chi connectivity index (χ1) is 8.00. The van der Waals surface area contributed by atoms with Gasteiger partial charge < -0.3 is 5.73 Å². The molecule has 2 heterocycles. The number of nitrogens with zero attached hydrogens (tertiary/aromatic N) is 1. The van der Waals surface area contributed by atoms with Gasteiger partial charge >= 0.3 is 0 Å². The van der Waals surface area contributed by atoms with Crippen LogP contribution in [0.25, 0.3) is 0 Å². The zero-order valence-electron chi connectivity index (χ0n) is 11.4. The van der Waals surface area contributed by atoms with Gasteiger partial charge in [0.2, 0.25) is 0 Å². The Hall–Kier alpha value is -0.380. The van der Waals surface area contributed by atoms with Crippen molar-refractivity contribution in [3.63, 3.8) is 0 Å². The third kappa shape index (κ3) is 2.05. The average molecular weight is 252 g/mol. The van der Waals surface area contributed by atoms with Gasteiger partial charge in [-0.05, 0) is 43.2 Å². The molecule has 1 aliphatic heterocycles. The van der Waals surface area contributed by atoms with Crippen LogP contribution >= 0.6 is 11.3 Å². The third-order valence-corrected chi connectivity index (χ3v) is 5.59. The van der Waals surface area contributed by atoms with E-state index in [1.54, 1.807) is 4.88 Å². The number of rotatable bonds is 3. The van der Waals surface area contributed by atoms with Crippen LogP contribution in [0.1, 0.15) is 44.2 Å². The average Bonchev–Trinajstić information content (AvgIpc) is 2.77. The van der Waals surface area contributed by atoms with Crippen molar-refractivity contribution in [1.82, 2.24) is 4.90 Å². The number of thiophene rings is 1. The zero-order chi connectivity index (χ0) is 12.6. The Kier molecular flexibility index (Phi) is 3.62. The lowest BCUT2D eigenvalue weighted by Crippen LogP contribution is -2.57. The smallest absolute Gasteiger partial charge is 0.0337 e. The van der Waals surface area contributed by atoms with Gasteiger partial charge in [-0.25, -0.2) is 0 Å². The van der Waals surface area contributed by atoms with Crippen LogP contribution in [0, 0.1) is 5.92 Å². The van der Waals surface area contributed by atoms with Gasteiger partial charge in [0.1, 0.15) is 0 Å². The Morgan fingerprint density at radius 2 is 2.29 bits per heavy atom. The molecule has 3 heteroatoms. The second kappa shape index (κ2) is 4.71. The molecule has 2 nitrogen and oxygen atoms in total. The Labute approximate surface area is 109 Å². The first-order valence-electron chi connectivity index (χ1n) is 6.53. The minimum atomic E-state index is 0.110. The first kappa shape index (κ1) is 13.1. The number of hydrogen-bond acceptors (Lipinski definition) is 3. The molecule has 0 amide bonds. The predicted molar refractivity (Wildman–Crippen MR) is 75.4 cm³/mol. The van der Waals surface area contributed by atoms with Crippen LogP contribution in [-0.4, -0.2) is 23.5 Å². The molecule has 0 fully saturated rings. The lowest BCUT2D eigenvalue weighted by Gasteiger charge is -2.49. The summed E-state index contributed by atoms with van der Waals surface area (Å²) in [5.74, 6) is 0.579. The van der Waals surface area contributed by atoms with Gasteiger partial charge in [0.05, 0.1) is 0 Å². The highest BCUT2D eigenvalue weighted by Crippen LogP contribution is 2.39. The Morgan fingerprint density at radius 3 is 2.88 bits per heavy atom. The van der Waals surface area contributed by atoms with Crippen LogP contribution in [-0.2, 0) is 6.42 Å². The zero-order valence-corrected chi connectivity index (χ0v) is 12.2. The summed E-state index contributed by atoms with van der Waals surface area (Å²) in [7, 11) is 0. The molecule has 96 valence electrons. The largest absolute Gasteiger partial charge is 0.329 e. The predicted octanol–water partition coefficient (Wildman–Crippen LogP) is 3.04. The normalized spacial score (nSPS) is 24.7. The van der Waals surface area contributed by atoms with E-state index in [0.717, 1.165) is 13.1 Å². The molecule has 0 bridgehead atoms. The number of fused-ring (bicyclic) bond motifs is 1. The van der Waals surface area contributed by atoms with Crippen molar-refractivity contribution in [1.29, 1.82) is 0 Å². The van der Waals surface area contributed by atoms with E-state index in [1.807, 2.05) is 11.3 Å². The van der Waals surface area contributed by atoms with E-state index in [-0.39, 0.29) is 5.54 Å².